The molecule has 2 heterocycles. The zero-order valence-corrected chi connectivity index (χ0v) is 8.29. The molecule has 2 rings (SSSR count). The van der Waals surface area contributed by atoms with Gasteiger partial charge in [0.05, 0.1) is 5.03 Å². The molecular formula is C6H2N6O6. The van der Waals surface area contributed by atoms with Gasteiger partial charge in [0.15, 0.2) is 6.20 Å². The zero-order chi connectivity index (χ0) is 13.4. The maximum Gasteiger partial charge on any atom is 0.404 e. The molecule has 0 aromatic rings. The lowest BCUT2D eigenvalue weighted by molar-refractivity contribution is -0.555. The zero-order valence-electron chi connectivity index (χ0n) is 8.29. The number of nitrogens with zero attached hydrogens (tertiary/aromatic N) is 6. The monoisotopic (exact) mass is 254 g/mol. The second-order valence-corrected chi connectivity index (χ2v) is 3.03. The molecule has 92 valence electrons. The highest BCUT2D eigenvalue weighted by Gasteiger charge is 2.33. The molecule has 2 aliphatic heterocycles. The standard InChI is InChI=1S/C6H2N6O6/c13-10(14)5-4-2-9(12(17)18)8-6(11(15)16)3(4)1-7-5/h1-2H. The van der Waals surface area contributed by atoms with E-state index in [0.717, 1.165) is 6.20 Å². The molecule has 0 N–H and O–H groups in total. The van der Waals surface area contributed by atoms with Gasteiger partial charge in [-0.15, -0.1) is 0 Å². The first kappa shape index (κ1) is 11.3. The van der Waals surface area contributed by atoms with Crippen molar-refractivity contribution in [3.63, 3.8) is 0 Å². The third-order valence-electron chi connectivity index (χ3n) is 2.04. The summed E-state index contributed by atoms with van der Waals surface area (Å²) >= 11 is 0. The Bertz CT molecular complexity index is 648. The van der Waals surface area contributed by atoms with Gasteiger partial charge < -0.3 is 30.3 Å². The molecule has 0 bridgehead atoms. The third kappa shape index (κ3) is 1.57. The fraction of sp³-hybridized carbons (Fsp3) is 0. The number of nitro groups is 3. The summed E-state index contributed by atoms with van der Waals surface area (Å²) in [6, 6.07) is 0. The second-order valence-electron chi connectivity index (χ2n) is 3.03. The van der Waals surface area contributed by atoms with Gasteiger partial charge >= 0.3 is 11.6 Å². The van der Waals surface area contributed by atoms with Gasteiger partial charge in [0.2, 0.25) is 0 Å². The summed E-state index contributed by atoms with van der Waals surface area (Å²) in [7, 11) is 0. The predicted molar refractivity (Wildman–Crippen MR) is 52.3 cm³/mol. The Morgan fingerprint density at radius 3 is 2.11 bits per heavy atom. The molecule has 0 aromatic carbocycles. The molecule has 0 aromatic heterocycles. The summed E-state index contributed by atoms with van der Waals surface area (Å²) in [6.07, 6.45) is 1.58. The van der Waals surface area contributed by atoms with E-state index in [0.29, 0.717) is 6.20 Å². The van der Waals surface area contributed by atoms with Gasteiger partial charge in [0.1, 0.15) is 22.4 Å². The van der Waals surface area contributed by atoms with Crippen LogP contribution in [0.5, 0.6) is 0 Å². The topological polar surface area (TPSA) is 160 Å². The van der Waals surface area contributed by atoms with Crippen LogP contribution in [0.15, 0.2) is 12.4 Å². The molecule has 18 heavy (non-hydrogen) atoms. The highest BCUT2D eigenvalue weighted by molar-refractivity contribution is 5.78. The van der Waals surface area contributed by atoms with Gasteiger partial charge in [-0.3, -0.25) is 0 Å². The Balaban J connectivity index is 2.80. The first-order valence-corrected chi connectivity index (χ1v) is 4.23. The van der Waals surface area contributed by atoms with Crippen molar-refractivity contribution >= 4 is 11.6 Å². The van der Waals surface area contributed by atoms with Gasteiger partial charge in [-0.25, -0.2) is 0 Å². The van der Waals surface area contributed by atoms with E-state index >= 15 is 0 Å². The van der Waals surface area contributed by atoms with Crippen LogP contribution in [0, 0.1) is 30.3 Å². The average molecular weight is 254 g/mol. The van der Waals surface area contributed by atoms with Crippen molar-refractivity contribution in [1.29, 1.82) is 0 Å². The van der Waals surface area contributed by atoms with Gasteiger partial charge in [-0.2, -0.15) is 0 Å². The minimum atomic E-state index is -1.05. The molecule has 12 heteroatoms. The molecular weight excluding hydrogens is 252 g/mol. The molecule has 0 fully saturated rings. The average Bonchev–Trinajstić information content (AvgIpc) is 2.70. The third-order valence-corrected chi connectivity index (χ3v) is 2.04. The van der Waals surface area contributed by atoms with Gasteiger partial charge in [0.25, 0.3) is 0 Å². The van der Waals surface area contributed by atoms with E-state index in [2.05, 4.69) is 10.1 Å². The fourth-order valence-corrected chi connectivity index (χ4v) is 1.35. The van der Waals surface area contributed by atoms with Crippen molar-refractivity contribution in [1.82, 2.24) is 14.9 Å². The number of hydrogen-bond donors (Lipinski definition) is 0. The molecule has 0 saturated carbocycles. The molecule has 0 spiro atoms. The molecule has 0 unspecified atom stereocenters. The minimum Gasteiger partial charge on any atom is -0.358 e. The molecule has 0 atom stereocenters. The van der Waals surface area contributed by atoms with E-state index in [9.17, 15) is 30.3 Å². The van der Waals surface area contributed by atoms with E-state index in [1.54, 1.807) is 0 Å². The lowest BCUT2D eigenvalue weighted by Crippen LogP contribution is -2.15. The van der Waals surface area contributed by atoms with Crippen LogP contribution in [0.25, 0.3) is 11.1 Å². The van der Waals surface area contributed by atoms with Crippen LogP contribution < -0.4 is 0 Å². The lowest BCUT2D eigenvalue weighted by atomic mass is 10.2. The summed E-state index contributed by atoms with van der Waals surface area (Å²) in [5, 5.41) is 33.9. The number of fused-ring (bicyclic) bond motifs is 1. The van der Waals surface area contributed by atoms with Crippen molar-refractivity contribution in [2.45, 2.75) is 0 Å². The smallest absolute Gasteiger partial charge is 0.358 e. The normalized spacial score (nSPS) is 10.4. The van der Waals surface area contributed by atoms with Crippen LogP contribution >= 0.6 is 0 Å². The largest absolute Gasteiger partial charge is 0.404 e. The Labute approximate surface area is 96.2 Å². The van der Waals surface area contributed by atoms with Crippen molar-refractivity contribution < 1.29 is 14.9 Å². The van der Waals surface area contributed by atoms with E-state index in [4.69, 9.17) is 0 Å². The van der Waals surface area contributed by atoms with Gasteiger partial charge in [0, 0.05) is 4.79 Å². The maximum absolute atomic E-state index is 10.7. The van der Waals surface area contributed by atoms with Crippen molar-refractivity contribution in [3.05, 3.63) is 42.7 Å². The first-order valence-electron chi connectivity index (χ1n) is 4.23. The second kappa shape index (κ2) is 3.69. The maximum atomic E-state index is 10.7. The van der Waals surface area contributed by atoms with Crippen LogP contribution in [0.1, 0.15) is 0 Å². The van der Waals surface area contributed by atoms with Crippen molar-refractivity contribution in [3.8, 4) is 11.1 Å². The minimum absolute atomic E-state index is 0.0369. The summed E-state index contributed by atoms with van der Waals surface area (Å²) in [6.45, 7) is 0. The van der Waals surface area contributed by atoms with Crippen LogP contribution in [0.4, 0.5) is 11.6 Å². The SMILES string of the molecule is O=[N+]([O-])c1ncc2c([N+](=O)[O-])nn([N+](=O)[O-])cc1-2. The quantitative estimate of drug-likeness (QED) is 0.555. The molecule has 0 aliphatic carbocycles. The molecule has 0 radical (unpaired) electrons. The van der Waals surface area contributed by atoms with Crippen LogP contribution in [-0.2, 0) is 0 Å². The van der Waals surface area contributed by atoms with Crippen molar-refractivity contribution in [2.75, 3.05) is 0 Å². The van der Waals surface area contributed by atoms with Crippen LogP contribution in [0.3, 0.4) is 0 Å². The van der Waals surface area contributed by atoms with E-state index in [1.807, 2.05) is 0 Å². The fourth-order valence-electron chi connectivity index (χ4n) is 1.35. The highest BCUT2D eigenvalue weighted by atomic mass is 16.7. The summed E-state index contributed by atoms with van der Waals surface area (Å²) in [4.78, 5) is 33.3. The molecule has 0 saturated heterocycles. The van der Waals surface area contributed by atoms with Crippen LogP contribution in [0.2, 0.25) is 0 Å². The molecule has 0 amide bonds. The van der Waals surface area contributed by atoms with Crippen molar-refractivity contribution in [2.24, 2.45) is 0 Å². The van der Waals surface area contributed by atoms with Gasteiger partial charge in [-0.1, -0.05) is 0 Å². The molecule has 12 nitrogen and oxygen atoms in total. The summed E-state index contributed by atoms with van der Waals surface area (Å²) < 4.78 is 0. The van der Waals surface area contributed by atoms with Crippen LogP contribution in [-0.4, -0.2) is 29.8 Å². The Morgan fingerprint density at radius 2 is 1.61 bits per heavy atom. The number of rotatable bonds is 3. The number of aromatic nitrogens is 3. The van der Waals surface area contributed by atoms with Gasteiger partial charge in [-0.05, 0) is 14.8 Å². The lowest BCUT2D eigenvalue weighted by Gasteiger charge is -2.01. The summed E-state index contributed by atoms with van der Waals surface area (Å²) in [5.41, 5.74) is -0.553. The van der Waals surface area contributed by atoms with E-state index in [-0.39, 0.29) is 15.9 Å². The van der Waals surface area contributed by atoms with E-state index in [1.165, 1.54) is 0 Å². The molecule has 2 aliphatic rings. The highest BCUT2D eigenvalue weighted by Crippen LogP contribution is 2.35. The Kier molecular flexibility index (Phi) is 2.32. The van der Waals surface area contributed by atoms with E-state index < -0.39 is 26.5 Å². The Hall–Kier alpha value is -3.18. The number of hydrogen-bond acceptors (Lipinski definition) is 8. The first-order chi connectivity index (χ1) is 8.41. The predicted octanol–water partition coefficient (Wildman–Crippen LogP) is 0.239. The summed E-state index contributed by atoms with van der Waals surface area (Å²) in [5.74, 6) is -1.57. The Morgan fingerprint density at radius 1 is 1.00 bits per heavy atom.